The molecule has 17 heteroatoms. The average molecular weight is 924 g/mol. The molecule has 0 saturated carbocycles. The van der Waals surface area contributed by atoms with E-state index in [4.69, 9.17) is 48.1 Å². The second kappa shape index (κ2) is 20.4. The zero-order valence-corrected chi connectivity index (χ0v) is 38.4. The van der Waals surface area contributed by atoms with Crippen molar-refractivity contribution in [2.75, 3.05) is 13.1 Å². The molecule has 0 bridgehead atoms. The van der Waals surface area contributed by atoms with E-state index in [-0.39, 0.29) is 22.3 Å². The summed E-state index contributed by atoms with van der Waals surface area (Å²) >= 11 is 15.1. The number of halogens is 2. The number of aromatic carboxylic acids is 1. The van der Waals surface area contributed by atoms with Gasteiger partial charge >= 0.3 is 5.97 Å². The minimum atomic E-state index is -0.975. The minimum absolute atomic E-state index is 0.0602. The number of thiazole rings is 2. The summed E-state index contributed by atoms with van der Waals surface area (Å²) in [7, 11) is 0. The second-order valence-corrected chi connectivity index (χ2v) is 18.1. The van der Waals surface area contributed by atoms with Gasteiger partial charge in [-0.15, -0.1) is 22.7 Å². The van der Waals surface area contributed by atoms with Crippen LogP contribution in [-0.2, 0) is 10.8 Å². The van der Waals surface area contributed by atoms with Crippen LogP contribution in [0.25, 0.3) is 45.3 Å². The van der Waals surface area contributed by atoms with E-state index >= 15 is 0 Å². The molecule has 0 spiro atoms. The molecule has 0 atom stereocenters. The average Bonchev–Trinajstić information content (AvgIpc) is 4.13. The van der Waals surface area contributed by atoms with E-state index in [0.717, 1.165) is 43.1 Å². The molecule has 8 aromatic rings. The van der Waals surface area contributed by atoms with Crippen molar-refractivity contribution in [1.82, 2.24) is 35.6 Å². The van der Waals surface area contributed by atoms with Crippen molar-refractivity contribution < 1.29 is 23.7 Å². The van der Waals surface area contributed by atoms with Gasteiger partial charge in [0.2, 0.25) is 23.4 Å². The molecule has 0 aliphatic rings. The number of aryl methyl sites for hydroxylation is 2. The Morgan fingerprint density at radius 3 is 1.52 bits per heavy atom. The summed E-state index contributed by atoms with van der Waals surface area (Å²) < 4.78 is 9.84. The van der Waals surface area contributed by atoms with Crippen molar-refractivity contribution >= 4 is 57.8 Å². The molecular formula is C46H44Cl2N8O5S2. The standard InChI is InChI=1S/C23H21ClN4O2S.C13H15ClN2S.C10H8N2O3/c1-14-26-20(28-30-14)16-5-4-6-17(11-16)21(29)25-13-23(2,3)22-27-19(12-31-22)15-7-9-18(24)10-8-15;1-13(2,8-15)12-16-11(7-17-12)9-3-5-10(14)6-4-9;1-6-11-9(12-15-6)7-3-2-4-8(5-7)10(13)14/h4-12H,13H2,1-3H3,(H,25,29);3-7H,8,15H2,1-2H3;2-5H,1H3,(H,13,14). The molecule has 63 heavy (non-hydrogen) atoms. The highest BCUT2D eigenvalue weighted by molar-refractivity contribution is 7.10. The van der Waals surface area contributed by atoms with E-state index < -0.39 is 5.97 Å². The Bertz CT molecular complexity index is 2800. The smallest absolute Gasteiger partial charge is 0.335 e. The zero-order chi connectivity index (χ0) is 45.3. The van der Waals surface area contributed by atoms with Crippen LogP contribution in [0, 0.1) is 13.8 Å². The van der Waals surface area contributed by atoms with Gasteiger partial charge in [-0.2, -0.15) is 9.97 Å². The molecule has 4 heterocycles. The summed E-state index contributed by atoms with van der Waals surface area (Å²) in [5.41, 5.74) is 11.5. The van der Waals surface area contributed by atoms with Gasteiger partial charge in [-0.25, -0.2) is 14.8 Å². The van der Waals surface area contributed by atoms with Crippen LogP contribution in [0.15, 0.2) is 117 Å². The Morgan fingerprint density at radius 2 is 1.10 bits per heavy atom. The molecule has 4 N–H and O–H groups in total. The molecule has 324 valence electrons. The van der Waals surface area contributed by atoms with E-state index in [1.807, 2.05) is 60.0 Å². The van der Waals surface area contributed by atoms with Gasteiger partial charge in [0.1, 0.15) is 10.0 Å². The van der Waals surface area contributed by atoms with Crippen molar-refractivity contribution in [3.63, 3.8) is 0 Å². The van der Waals surface area contributed by atoms with E-state index in [2.05, 4.69) is 63.7 Å². The fraction of sp³-hybridized carbons (Fsp3) is 0.217. The molecule has 0 saturated heterocycles. The van der Waals surface area contributed by atoms with Crippen molar-refractivity contribution in [1.29, 1.82) is 0 Å². The topological polar surface area (TPSA) is 196 Å². The highest BCUT2D eigenvalue weighted by Crippen LogP contribution is 2.32. The van der Waals surface area contributed by atoms with Gasteiger partial charge in [0.05, 0.1) is 17.0 Å². The van der Waals surface area contributed by atoms with Crippen LogP contribution >= 0.6 is 45.9 Å². The number of nitrogens with two attached hydrogens (primary N) is 1. The first kappa shape index (κ1) is 46.4. The Morgan fingerprint density at radius 1 is 0.651 bits per heavy atom. The van der Waals surface area contributed by atoms with Crippen molar-refractivity contribution in [2.24, 2.45) is 5.73 Å². The third-order valence-corrected chi connectivity index (χ3v) is 12.4. The van der Waals surface area contributed by atoms with Gasteiger partial charge in [-0.1, -0.05) is 110 Å². The van der Waals surface area contributed by atoms with Gasteiger partial charge in [0.25, 0.3) is 5.91 Å². The van der Waals surface area contributed by atoms with Crippen LogP contribution < -0.4 is 11.1 Å². The third kappa shape index (κ3) is 12.3. The zero-order valence-electron chi connectivity index (χ0n) is 35.2. The molecule has 0 fully saturated rings. The lowest BCUT2D eigenvalue weighted by Gasteiger charge is -2.22. The Balaban J connectivity index is 0.000000174. The Labute approximate surface area is 382 Å². The highest BCUT2D eigenvalue weighted by atomic mass is 35.5. The fourth-order valence-corrected chi connectivity index (χ4v) is 7.84. The minimum Gasteiger partial charge on any atom is -0.478 e. The molecule has 4 aromatic carbocycles. The van der Waals surface area contributed by atoms with Crippen molar-refractivity contribution in [3.8, 4) is 45.3 Å². The first-order valence-electron chi connectivity index (χ1n) is 19.5. The summed E-state index contributed by atoms with van der Waals surface area (Å²) in [6, 6.07) is 28.9. The number of carboxylic acids is 1. The molecule has 1 amide bonds. The van der Waals surface area contributed by atoms with Gasteiger partial charge in [-0.3, -0.25) is 4.79 Å². The number of rotatable bonds is 11. The largest absolute Gasteiger partial charge is 0.478 e. The van der Waals surface area contributed by atoms with Crippen molar-refractivity contribution in [3.05, 3.63) is 151 Å². The van der Waals surface area contributed by atoms with Crippen LogP contribution in [0.2, 0.25) is 10.0 Å². The maximum atomic E-state index is 12.8. The maximum absolute atomic E-state index is 12.8. The predicted molar refractivity (Wildman–Crippen MR) is 248 cm³/mol. The lowest BCUT2D eigenvalue weighted by Crippen LogP contribution is -2.36. The van der Waals surface area contributed by atoms with Gasteiger partial charge in [0, 0.05) is 86.4 Å². The SMILES string of the molecule is CC(C)(CN)c1nc(-c2ccc(Cl)cc2)cs1.Cc1nc(-c2cccc(C(=O)NCC(C)(C)c3nc(-c4ccc(Cl)cc4)cs3)c2)no1.Cc1nc(-c2cccc(C(=O)O)c2)no1. The molecule has 0 radical (unpaired) electrons. The Hall–Kier alpha value is -6.10. The molecule has 0 unspecified atom stereocenters. The molecular weight excluding hydrogens is 880 g/mol. The molecule has 0 aliphatic heterocycles. The number of carboxylic acid groups (broad SMARTS) is 1. The Kier molecular flexibility index (Phi) is 15.0. The lowest BCUT2D eigenvalue weighted by atomic mass is 9.94. The highest BCUT2D eigenvalue weighted by Gasteiger charge is 2.26. The molecule has 13 nitrogen and oxygen atoms in total. The normalized spacial score (nSPS) is 11.3. The van der Waals surface area contributed by atoms with E-state index in [0.29, 0.717) is 52.7 Å². The first-order valence-corrected chi connectivity index (χ1v) is 22.0. The van der Waals surface area contributed by atoms with Crippen molar-refractivity contribution in [2.45, 2.75) is 52.4 Å². The quantitative estimate of drug-likeness (QED) is 0.111. The number of carbonyl (C=O) groups is 2. The number of nitrogens with zero attached hydrogens (tertiary/aromatic N) is 6. The van der Waals surface area contributed by atoms with Crippen LogP contribution in [0.5, 0.6) is 0 Å². The number of carbonyl (C=O) groups excluding carboxylic acids is 1. The van der Waals surface area contributed by atoms with Gasteiger partial charge in [-0.05, 0) is 48.5 Å². The summed E-state index contributed by atoms with van der Waals surface area (Å²) in [6.07, 6.45) is 0. The van der Waals surface area contributed by atoms with Crippen LogP contribution in [-0.4, -0.2) is 60.3 Å². The summed E-state index contributed by atoms with van der Waals surface area (Å²) in [6.45, 7) is 12.8. The lowest BCUT2D eigenvalue weighted by molar-refractivity contribution is 0.0696. The maximum Gasteiger partial charge on any atom is 0.335 e. The number of amides is 1. The number of nitrogens with one attached hydrogen (secondary N) is 1. The van der Waals surface area contributed by atoms with Crippen LogP contribution in [0.4, 0.5) is 0 Å². The van der Waals surface area contributed by atoms with Crippen LogP contribution in [0.1, 0.15) is 70.2 Å². The van der Waals surface area contributed by atoms with Crippen LogP contribution in [0.3, 0.4) is 0 Å². The molecule has 8 rings (SSSR count). The fourth-order valence-electron chi connectivity index (χ4n) is 5.67. The molecule has 4 aromatic heterocycles. The molecule has 0 aliphatic carbocycles. The monoisotopic (exact) mass is 922 g/mol. The predicted octanol–water partition coefficient (Wildman–Crippen LogP) is 11.0. The third-order valence-electron chi connectivity index (χ3n) is 9.45. The summed E-state index contributed by atoms with van der Waals surface area (Å²) in [4.78, 5) is 41.1. The van der Waals surface area contributed by atoms with Gasteiger partial charge in [0.15, 0.2) is 0 Å². The van der Waals surface area contributed by atoms with E-state index in [1.165, 1.54) is 12.1 Å². The van der Waals surface area contributed by atoms with Gasteiger partial charge < -0.3 is 25.2 Å². The number of aromatic nitrogens is 6. The number of hydrogen-bond acceptors (Lipinski definition) is 13. The number of benzene rings is 4. The summed E-state index contributed by atoms with van der Waals surface area (Å²) in [5.74, 6) is 0.654. The second-order valence-electron chi connectivity index (χ2n) is 15.5. The first-order chi connectivity index (χ1) is 30.0. The summed E-state index contributed by atoms with van der Waals surface area (Å²) in [5, 5.41) is 27.0. The van der Waals surface area contributed by atoms with E-state index in [1.54, 1.807) is 66.9 Å². The van der Waals surface area contributed by atoms with E-state index in [9.17, 15) is 9.59 Å². The number of hydrogen-bond donors (Lipinski definition) is 3.